The van der Waals surface area contributed by atoms with Gasteiger partial charge < -0.3 is 19.6 Å². The lowest BCUT2D eigenvalue weighted by molar-refractivity contribution is -0.938. The zero-order chi connectivity index (χ0) is 30.2. The lowest BCUT2D eigenvalue weighted by Gasteiger charge is -2.60. The molecule has 1 heterocycles. The summed E-state index contributed by atoms with van der Waals surface area (Å²) < 4.78 is 6.29. The van der Waals surface area contributed by atoms with E-state index in [0.29, 0.717) is 37.5 Å². The first-order chi connectivity index (χ1) is 20.1. The van der Waals surface area contributed by atoms with Gasteiger partial charge in [0.25, 0.3) is 0 Å². The first-order valence-electron chi connectivity index (χ1n) is 15.9. The van der Waals surface area contributed by atoms with Gasteiger partial charge in [-0.1, -0.05) is 69.3 Å². The van der Waals surface area contributed by atoms with Crippen molar-refractivity contribution < 1.29 is 23.9 Å². The van der Waals surface area contributed by atoms with E-state index in [1.807, 2.05) is 24.3 Å². The number of unbranched alkanes of at least 4 members (excludes halogenated alkanes) is 2. The summed E-state index contributed by atoms with van der Waals surface area (Å²) in [7, 11) is 0. The molecule has 6 nitrogen and oxygen atoms in total. The van der Waals surface area contributed by atoms with E-state index < -0.39 is 11.0 Å². The van der Waals surface area contributed by atoms with Gasteiger partial charge in [-0.15, -0.1) is 0 Å². The summed E-state index contributed by atoms with van der Waals surface area (Å²) in [5, 5.41) is 16.0. The highest BCUT2D eigenvalue weighted by Crippen LogP contribution is 2.53. The molecule has 42 heavy (non-hydrogen) atoms. The van der Waals surface area contributed by atoms with Gasteiger partial charge in [0.05, 0.1) is 19.6 Å². The maximum Gasteiger partial charge on any atom is 0.308 e. The Hall–Kier alpha value is -2.96. The van der Waals surface area contributed by atoms with Gasteiger partial charge >= 0.3 is 5.97 Å². The number of rotatable bonds is 13. The largest absolute Gasteiger partial charge is 0.427 e. The molecule has 228 valence electrons. The highest BCUT2D eigenvalue weighted by atomic mass is 16.5. The molecular weight excluding hydrogens is 524 g/mol. The second kappa shape index (κ2) is 14.0. The molecule has 0 bridgehead atoms. The third kappa shape index (κ3) is 7.70. The highest BCUT2D eigenvalue weighted by Gasteiger charge is 2.62. The molecule has 0 radical (unpaired) electrons. The molecule has 2 N–H and O–H groups in total. The van der Waals surface area contributed by atoms with Crippen molar-refractivity contribution in [3.8, 4) is 5.75 Å². The molecule has 2 aromatic carbocycles. The van der Waals surface area contributed by atoms with Crippen LogP contribution in [-0.2, 0) is 21.4 Å². The number of carbonyl (C=O) groups is 2. The number of ether oxygens (including phenoxy) is 1. The molecule has 1 amide bonds. The molecule has 4 atom stereocenters. The van der Waals surface area contributed by atoms with E-state index in [1.165, 1.54) is 12.5 Å². The molecule has 2 fully saturated rings. The Kier molecular flexibility index (Phi) is 10.7. The van der Waals surface area contributed by atoms with Crippen molar-refractivity contribution in [1.29, 1.82) is 0 Å². The third-order valence-electron chi connectivity index (χ3n) is 9.50. The number of aryl methyl sites for hydroxylation is 1. The number of nitrogens with one attached hydrogen (secondary N) is 1. The molecule has 1 saturated heterocycles. The SMILES string of the molecule is C=CC[N@@+]1(CC(C)C)CC[C@]2(c3cccc(OC(C)=O)c3)C[C@H](NC(=O)CCCCCc3ccccc3)CCC2(O)C1. The van der Waals surface area contributed by atoms with E-state index >= 15 is 0 Å². The lowest BCUT2D eigenvalue weighted by atomic mass is 9.54. The van der Waals surface area contributed by atoms with Crippen molar-refractivity contribution in [1.82, 2.24) is 5.32 Å². The number of nitrogens with zero attached hydrogens (tertiary/aromatic N) is 1. The van der Waals surface area contributed by atoms with Crippen LogP contribution in [0.4, 0.5) is 0 Å². The van der Waals surface area contributed by atoms with Crippen LogP contribution < -0.4 is 10.1 Å². The molecule has 0 spiro atoms. The Bertz CT molecular complexity index is 1210. The van der Waals surface area contributed by atoms with Crippen LogP contribution in [0.25, 0.3) is 0 Å². The molecule has 1 saturated carbocycles. The molecule has 1 aliphatic heterocycles. The fourth-order valence-corrected chi connectivity index (χ4v) is 7.84. The van der Waals surface area contributed by atoms with Gasteiger partial charge in [-0.05, 0) is 67.9 Å². The number of carbonyl (C=O) groups excluding carboxylic acids is 2. The molecule has 1 aliphatic carbocycles. The molecule has 1 unspecified atom stereocenters. The minimum Gasteiger partial charge on any atom is -0.427 e. The zero-order valence-electron chi connectivity index (χ0n) is 25.9. The van der Waals surface area contributed by atoms with Crippen LogP contribution in [0.15, 0.2) is 67.3 Å². The molecule has 4 rings (SSSR count). The van der Waals surface area contributed by atoms with E-state index in [-0.39, 0.29) is 17.9 Å². The summed E-state index contributed by atoms with van der Waals surface area (Å²) in [6.45, 7) is 13.3. The van der Waals surface area contributed by atoms with Gasteiger partial charge in [0.15, 0.2) is 0 Å². The lowest BCUT2D eigenvalue weighted by Crippen LogP contribution is -2.72. The fourth-order valence-electron chi connectivity index (χ4n) is 7.84. The van der Waals surface area contributed by atoms with Crippen LogP contribution in [0.5, 0.6) is 5.75 Å². The number of hydrogen-bond donors (Lipinski definition) is 2. The van der Waals surface area contributed by atoms with Crippen molar-refractivity contribution in [2.24, 2.45) is 5.92 Å². The van der Waals surface area contributed by atoms with Crippen LogP contribution in [0.2, 0.25) is 0 Å². The van der Waals surface area contributed by atoms with Gasteiger partial charge in [-0.3, -0.25) is 9.59 Å². The van der Waals surface area contributed by atoms with Crippen molar-refractivity contribution in [3.05, 3.63) is 78.4 Å². The van der Waals surface area contributed by atoms with Crippen LogP contribution in [-0.4, -0.2) is 59.3 Å². The maximum absolute atomic E-state index is 13.1. The minimum absolute atomic E-state index is 0.0102. The van der Waals surface area contributed by atoms with Gasteiger partial charge in [-0.2, -0.15) is 0 Å². The highest BCUT2D eigenvalue weighted by molar-refractivity contribution is 5.76. The second-order valence-corrected chi connectivity index (χ2v) is 13.3. The Morgan fingerprint density at radius 1 is 1.12 bits per heavy atom. The first-order valence-corrected chi connectivity index (χ1v) is 15.9. The van der Waals surface area contributed by atoms with Crippen LogP contribution in [0.3, 0.4) is 0 Å². The molecule has 2 aliphatic rings. The Labute approximate surface area is 252 Å². The van der Waals surface area contributed by atoms with Crippen molar-refractivity contribution in [2.45, 2.75) is 95.6 Å². The summed E-state index contributed by atoms with van der Waals surface area (Å²) in [6.07, 6.45) is 9.36. The Morgan fingerprint density at radius 3 is 2.62 bits per heavy atom. The fraction of sp³-hybridized carbons (Fsp3) is 0.556. The molecule has 0 aromatic heterocycles. The predicted molar refractivity (Wildman–Crippen MR) is 168 cm³/mol. The van der Waals surface area contributed by atoms with Crippen molar-refractivity contribution >= 4 is 11.9 Å². The van der Waals surface area contributed by atoms with Gasteiger partial charge in [0.2, 0.25) is 5.91 Å². The van der Waals surface area contributed by atoms with Crippen LogP contribution in [0, 0.1) is 5.92 Å². The number of likely N-dealkylation sites (tertiary alicyclic amines) is 1. The second-order valence-electron chi connectivity index (χ2n) is 13.3. The van der Waals surface area contributed by atoms with Crippen molar-refractivity contribution in [2.75, 3.05) is 26.2 Å². The number of hydrogen-bond acceptors (Lipinski definition) is 4. The summed E-state index contributed by atoms with van der Waals surface area (Å²) in [6, 6.07) is 18.2. The summed E-state index contributed by atoms with van der Waals surface area (Å²) in [4.78, 5) is 24.8. The van der Waals surface area contributed by atoms with E-state index in [4.69, 9.17) is 4.74 Å². The maximum atomic E-state index is 13.1. The van der Waals surface area contributed by atoms with E-state index in [9.17, 15) is 14.7 Å². The zero-order valence-corrected chi connectivity index (χ0v) is 25.9. The number of benzene rings is 2. The Balaban J connectivity index is 1.48. The van der Waals surface area contributed by atoms with E-state index in [2.05, 4.69) is 56.1 Å². The van der Waals surface area contributed by atoms with Crippen molar-refractivity contribution in [3.63, 3.8) is 0 Å². The quantitative estimate of drug-likeness (QED) is 0.0993. The van der Waals surface area contributed by atoms with Gasteiger partial charge in [-0.25, -0.2) is 0 Å². The van der Waals surface area contributed by atoms with Gasteiger partial charge in [0.1, 0.15) is 17.9 Å². The standard InChI is InChI=1S/C36H50N2O4/c1-5-22-38(26-28(2)3)23-21-35(31-16-12-17-33(24-31)42-29(4)39)25-32(19-20-36(35,41)27-38)37-34(40)18-11-7-10-15-30-13-8-6-9-14-30/h5-6,8-9,12-14,16-17,24,28,32,41H,1,7,10-11,15,18-23,25-27H2,2-4H3/p+1/t32-,35-,36?,38+/m1/s1. The summed E-state index contributed by atoms with van der Waals surface area (Å²) >= 11 is 0. The predicted octanol–water partition coefficient (Wildman–Crippen LogP) is 6.12. The average Bonchev–Trinajstić information content (AvgIpc) is 2.93. The number of piperidine rings is 1. The number of fused-ring (bicyclic) bond motifs is 1. The van der Waals surface area contributed by atoms with E-state index in [0.717, 1.165) is 68.2 Å². The monoisotopic (exact) mass is 575 g/mol. The normalized spacial score (nSPS) is 27.2. The average molecular weight is 576 g/mol. The third-order valence-corrected chi connectivity index (χ3v) is 9.50. The van der Waals surface area contributed by atoms with Crippen LogP contribution in [0.1, 0.15) is 83.3 Å². The summed E-state index contributed by atoms with van der Waals surface area (Å²) in [5.41, 5.74) is 0.840. The Morgan fingerprint density at radius 2 is 1.90 bits per heavy atom. The number of esters is 1. The first kappa shape index (κ1) is 32.0. The number of quaternary nitrogens is 1. The summed E-state index contributed by atoms with van der Waals surface area (Å²) in [5.74, 6) is 0.732. The number of amides is 1. The topological polar surface area (TPSA) is 75.6 Å². The van der Waals surface area contributed by atoms with Crippen LogP contribution >= 0.6 is 0 Å². The van der Waals surface area contributed by atoms with E-state index in [1.54, 1.807) is 6.07 Å². The molecule has 6 heteroatoms. The minimum atomic E-state index is -0.948. The number of aliphatic hydroxyl groups is 1. The smallest absolute Gasteiger partial charge is 0.308 e. The van der Waals surface area contributed by atoms with Gasteiger partial charge in [0, 0.05) is 37.1 Å². The molecular formula is C36H51N2O4+. The molecule has 2 aromatic rings.